The first kappa shape index (κ1) is 22.6. The predicted octanol–water partition coefficient (Wildman–Crippen LogP) is 2.94. The van der Waals surface area contributed by atoms with Crippen LogP contribution < -0.4 is 10.6 Å². The van der Waals surface area contributed by atoms with Crippen LogP contribution in [0.5, 0.6) is 0 Å². The second-order valence-electron chi connectivity index (χ2n) is 7.57. The zero-order valence-corrected chi connectivity index (χ0v) is 16.7. The highest BCUT2D eigenvalue weighted by Gasteiger charge is 2.40. The van der Waals surface area contributed by atoms with E-state index in [-0.39, 0.29) is 30.3 Å². The molecule has 1 aromatic carbocycles. The van der Waals surface area contributed by atoms with Gasteiger partial charge in [0.25, 0.3) is 5.91 Å². The average Bonchev–Trinajstić information content (AvgIpc) is 3.12. The van der Waals surface area contributed by atoms with Crippen molar-refractivity contribution in [2.24, 2.45) is 11.1 Å². The number of ether oxygens (including phenoxy) is 1. The van der Waals surface area contributed by atoms with Gasteiger partial charge in [0.2, 0.25) is 0 Å². The molecule has 1 aromatic rings. The van der Waals surface area contributed by atoms with E-state index in [4.69, 9.17) is 4.74 Å². The molecule has 1 heterocycles. The van der Waals surface area contributed by atoms with Crippen LogP contribution >= 0.6 is 0 Å². The minimum Gasteiger partial charge on any atom is -0.462 e. The summed E-state index contributed by atoms with van der Waals surface area (Å²) in [5.74, 6) is -4.06. The molecule has 2 rings (SSSR count). The van der Waals surface area contributed by atoms with Gasteiger partial charge >= 0.3 is 5.97 Å². The zero-order chi connectivity index (χ0) is 21.6. The molecule has 0 aromatic heterocycles. The number of nitrogens with one attached hydrogen (secondary N) is 2. The molecule has 0 saturated carbocycles. The molecule has 1 saturated heterocycles. The van der Waals surface area contributed by atoms with Gasteiger partial charge in [0.05, 0.1) is 12.1 Å². The third kappa shape index (κ3) is 5.44. The molecule has 0 aliphatic carbocycles. The lowest BCUT2D eigenvalue weighted by atomic mass is 9.92. The largest absolute Gasteiger partial charge is 0.462 e. The molecule has 1 aliphatic rings. The fourth-order valence-corrected chi connectivity index (χ4v) is 3.08. The number of rotatable bonds is 8. The molecular weight excluding hydrogens is 384 g/mol. The molecule has 0 radical (unpaired) electrons. The van der Waals surface area contributed by atoms with Crippen molar-refractivity contribution in [3.8, 4) is 0 Å². The van der Waals surface area contributed by atoms with E-state index < -0.39 is 34.6 Å². The molecule has 1 aliphatic heterocycles. The molecule has 7 nitrogen and oxygen atoms in total. The number of hydrogen-bond acceptors (Lipinski definition) is 6. The van der Waals surface area contributed by atoms with Crippen LogP contribution in [0.15, 0.2) is 34.6 Å². The van der Waals surface area contributed by atoms with E-state index in [1.54, 1.807) is 6.92 Å². The molecule has 29 heavy (non-hydrogen) atoms. The van der Waals surface area contributed by atoms with Crippen LogP contribution in [0.3, 0.4) is 0 Å². The van der Waals surface area contributed by atoms with Crippen molar-refractivity contribution in [2.45, 2.75) is 45.7 Å². The average molecular weight is 409 g/mol. The van der Waals surface area contributed by atoms with Gasteiger partial charge in [0.1, 0.15) is 5.70 Å². The summed E-state index contributed by atoms with van der Waals surface area (Å²) in [5, 5.41) is 8.41. The Morgan fingerprint density at radius 3 is 2.66 bits per heavy atom. The zero-order valence-electron chi connectivity index (χ0n) is 16.7. The first-order valence-corrected chi connectivity index (χ1v) is 9.41. The lowest BCUT2D eigenvalue weighted by Gasteiger charge is -2.25. The Kier molecular flexibility index (Phi) is 7.55. The molecular formula is C20H25F2N3O4. The van der Waals surface area contributed by atoms with Crippen molar-refractivity contribution in [1.82, 2.24) is 10.6 Å². The van der Waals surface area contributed by atoms with E-state index in [1.165, 1.54) is 12.1 Å². The molecule has 1 fully saturated rings. The topological polar surface area (TPSA) is 96.9 Å². The van der Waals surface area contributed by atoms with Gasteiger partial charge < -0.3 is 15.4 Å². The van der Waals surface area contributed by atoms with Crippen LogP contribution in [0.1, 0.15) is 39.2 Å². The minimum absolute atomic E-state index is 0.0116. The highest BCUT2D eigenvalue weighted by atomic mass is 19.2. The van der Waals surface area contributed by atoms with E-state index in [9.17, 15) is 23.3 Å². The number of esters is 1. The lowest BCUT2D eigenvalue weighted by molar-refractivity contribution is -0.142. The van der Waals surface area contributed by atoms with Gasteiger partial charge in [-0.25, -0.2) is 13.6 Å². The van der Waals surface area contributed by atoms with E-state index in [0.29, 0.717) is 13.0 Å². The Labute approximate surface area is 167 Å². The van der Waals surface area contributed by atoms with Crippen molar-refractivity contribution in [3.63, 3.8) is 0 Å². The Morgan fingerprint density at radius 2 is 2.07 bits per heavy atom. The third-order valence-corrected chi connectivity index (χ3v) is 4.67. The van der Waals surface area contributed by atoms with E-state index >= 15 is 0 Å². The Balaban J connectivity index is 2.34. The van der Waals surface area contributed by atoms with Crippen LogP contribution in [-0.2, 0) is 20.9 Å². The third-order valence-electron chi connectivity index (χ3n) is 4.67. The monoisotopic (exact) mass is 409 g/mol. The van der Waals surface area contributed by atoms with Gasteiger partial charge in [-0.2, -0.15) is 0 Å². The standard InChI is InChI=1S/C20H25F2N3O4/c1-12(2)11-29-19(27)15(17(25-28)20(3)8-5-9-24-20)18(26)23-10-13-6-4-7-14(21)16(13)22/h4,6-7,12,24H,5,8-11H2,1-3H3,(H,23,26)/b17-15-. The number of amides is 1. The highest BCUT2D eigenvalue weighted by molar-refractivity contribution is 6.17. The highest BCUT2D eigenvalue weighted by Crippen LogP contribution is 2.31. The number of hydrogen-bond donors (Lipinski definition) is 2. The molecule has 2 N–H and O–H groups in total. The SMILES string of the molecule is CC(C)COC(=O)/C(C(=O)NCc1cccc(F)c1F)=C(\N=O)C1(C)CCCN1. The van der Waals surface area contributed by atoms with Crippen LogP contribution in [0.25, 0.3) is 0 Å². The molecule has 0 bridgehead atoms. The molecule has 1 amide bonds. The van der Waals surface area contributed by atoms with E-state index in [1.807, 2.05) is 13.8 Å². The first-order chi connectivity index (χ1) is 13.7. The normalized spacial score (nSPS) is 19.7. The summed E-state index contributed by atoms with van der Waals surface area (Å²) in [7, 11) is 0. The van der Waals surface area contributed by atoms with Gasteiger partial charge in [-0.1, -0.05) is 26.0 Å². The van der Waals surface area contributed by atoms with Crippen molar-refractivity contribution >= 4 is 11.9 Å². The maximum absolute atomic E-state index is 13.8. The molecule has 1 unspecified atom stereocenters. The van der Waals surface area contributed by atoms with E-state index in [0.717, 1.165) is 12.5 Å². The first-order valence-electron chi connectivity index (χ1n) is 9.41. The fourth-order valence-electron chi connectivity index (χ4n) is 3.08. The second kappa shape index (κ2) is 9.69. The summed E-state index contributed by atoms with van der Waals surface area (Å²) >= 11 is 0. The lowest BCUT2D eigenvalue weighted by Crippen LogP contribution is -2.41. The van der Waals surface area contributed by atoms with Gasteiger partial charge in [-0.3, -0.25) is 4.79 Å². The number of carbonyl (C=O) groups is 2. The number of carbonyl (C=O) groups excluding carboxylic acids is 2. The predicted molar refractivity (Wildman–Crippen MR) is 102 cm³/mol. The smallest absolute Gasteiger partial charge is 0.345 e. The number of halogens is 2. The Bertz CT molecular complexity index is 818. The van der Waals surface area contributed by atoms with Crippen LogP contribution in [0.4, 0.5) is 8.78 Å². The number of benzene rings is 1. The van der Waals surface area contributed by atoms with Gasteiger partial charge in [0.15, 0.2) is 17.2 Å². The maximum atomic E-state index is 13.8. The van der Waals surface area contributed by atoms with Gasteiger partial charge in [-0.15, -0.1) is 4.91 Å². The Hall–Kier alpha value is -2.68. The summed E-state index contributed by atoms with van der Waals surface area (Å²) in [6.45, 7) is 5.58. The van der Waals surface area contributed by atoms with E-state index in [2.05, 4.69) is 15.8 Å². The van der Waals surface area contributed by atoms with Gasteiger partial charge in [0, 0.05) is 12.1 Å². The maximum Gasteiger partial charge on any atom is 0.345 e. The molecule has 1 atom stereocenters. The van der Waals surface area contributed by atoms with Crippen molar-refractivity contribution in [3.05, 3.63) is 51.6 Å². The van der Waals surface area contributed by atoms with Crippen LogP contribution in [0, 0.1) is 22.5 Å². The minimum atomic E-state index is -1.10. The van der Waals surface area contributed by atoms with Crippen LogP contribution in [-0.4, -0.2) is 30.6 Å². The summed E-state index contributed by atoms with van der Waals surface area (Å²) in [5.41, 5.74) is -1.86. The van der Waals surface area contributed by atoms with Crippen molar-refractivity contribution in [1.29, 1.82) is 0 Å². The van der Waals surface area contributed by atoms with Crippen LogP contribution in [0.2, 0.25) is 0 Å². The molecule has 9 heteroatoms. The summed E-state index contributed by atoms with van der Waals surface area (Å²) in [6.07, 6.45) is 1.24. The number of nitrogens with zero attached hydrogens (tertiary/aromatic N) is 1. The van der Waals surface area contributed by atoms with Crippen molar-refractivity contribution in [2.75, 3.05) is 13.2 Å². The summed E-state index contributed by atoms with van der Waals surface area (Å²) in [4.78, 5) is 37.0. The summed E-state index contributed by atoms with van der Waals surface area (Å²) in [6, 6.07) is 3.56. The Morgan fingerprint density at radius 1 is 1.34 bits per heavy atom. The van der Waals surface area contributed by atoms with Crippen molar-refractivity contribution < 1.29 is 23.1 Å². The fraction of sp³-hybridized carbons (Fsp3) is 0.500. The van der Waals surface area contributed by atoms with Gasteiger partial charge in [-0.05, 0) is 43.5 Å². The molecule has 0 spiro atoms. The number of nitroso groups, excluding NO2 is 1. The summed E-state index contributed by atoms with van der Waals surface area (Å²) < 4.78 is 32.4. The second-order valence-corrected chi connectivity index (χ2v) is 7.57. The quantitative estimate of drug-likeness (QED) is 0.226. The molecule has 158 valence electrons.